The summed E-state index contributed by atoms with van der Waals surface area (Å²) in [4.78, 5) is 7.84. The van der Waals surface area contributed by atoms with Crippen LogP contribution in [0.1, 0.15) is 30.9 Å². The van der Waals surface area contributed by atoms with Gasteiger partial charge < -0.3 is 21.3 Å². The average Bonchev–Trinajstić information content (AvgIpc) is 3.43. The Morgan fingerprint density at radius 1 is 1.30 bits per heavy atom. The summed E-state index contributed by atoms with van der Waals surface area (Å²) < 4.78 is 39.6. The van der Waals surface area contributed by atoms with Crippen LogP contribution in [0.3, 0.4) is 0 Å². The molecule has 3 rings (SSSR count). The van der Waals surface area contributed by atoms with Gasteiger partial charge in [0, 0.05) is 29.7 Å². The van der Waals surface area contributed by atoms with E-state index < -0.39 is 11.7 Å². The third-order valence-corrected chi connectivity index (χ3v) is 3.97. The molecule has 1 saturated carbocycles. The number of hydrogen-bond donors (Lipinski definition) is 4. The number of anilines is 4. The van der Waals surface area contributed by atoms with Gasteiger partial charge >= 0.3 is 6.18 Å². The highest BCUT2D eigenvalue weighted by molar-refractivity contribution is 6.40. The molecule has 0 bridgehead atoms. The van der Waals surface area contributed by atoms with Crippen LogP contribution in [0.15, 0.2) is 24.4 Å². The number of rotatable bonds is 8. The van der Waals surface area contributed by atoms with Gasteiger partial charge in [0.15, 0.2) is 0 Å². The SMILES string of the molecule is CC[B]Nc1cccc(Nc2ncc(C(F)(F)F)c(NC3CC3)n2)c1C=N. The molecule has 1 heterocycles. The molecule has 1 fully saturated rings. The minimum Gasteiger partial charge on any atom is -0.431 e. The van der Waals surface area contributed by atoms with Crippen molar-refractivity contribution < 1.29 is 13.2 Å². The van der Waals surface area contributed by atoms with Crippen LogP contribution in [0.25, 0.3) is 0 Å². The molecular formula is C17H19BF3N6. The van der Waals surface area contributed by atoms with Gasteiger partial charge in [-0.05, 0) is 25.0 Å². The maximum absolute atomic E-state index is 13.2. The van der Waals surface area contributed by atoms with Gasteiger partial charge in [0.1, 0.15) is 11.4 Å². The number of nitrogens with one attached hydrogen (secondary N) is 4. The Morgan fingerprint density at radius 3 is 2.67 bits per heavy atom. The van der Waals surface area contributed by atoms with E-state index in [1.807, 2.05) is 20.4 Å². The second kappa shape index (κ2) is 7.85. The molecule has 1 aliphatic rings. The molecule has 0 unspecified atom stereocenters. The minimum atomic E-state index is -4.53. The first kappa shape index (κ1) is 19.0. The van der Waals surface area contributed by atoms with Crippen molar-refractivity contribution in [1.82, 2.24) is 9.97 Å². The fraction of sp³-hybridized carbons (Fsp3) is 0.353. The van der Waals surface area contributed by atoms with Crippen molar-refractivity contribution >= 4 is 36.8 Å². The molecule has 2 aromatic rings. The first-order valence-electron chi connectivity index (χ1n) is 8.62. The summed E-state index contributed by atoms with van der Waals surface area (Å²) in [6.07, 6.45) is -0.144. The summed E-state index contributed by atoms with van der Waals surface area (Å²) in [6.45, 7) is 1.98. The first-order chi connectivity index (χ1) is 12.9. The highest BCUT2D eigenvalue weighted by Gasteiger charge is 2.36. The molecule has 141 valence electrons. The van der Waals surface area contributed by atoms with Crippen LogP contribution < -0.4 is 15.9 Å². The van der Waals surface area contributed by atoms with Crippen LogP contribution in [0, 0.1) is 5.41 Å². The van der Waals surface area contributed by atoms with E-state index in [9.17, 15) is 13.2 Å². The fourth-order valence-electron chi connectivity index (χ4n) is 2.47. The molecule has 1 radical (unpaired) electrons. The molecule has 4 N–H and O–H groups in total. The minimum absolute atomic E-state index is 0.0168. The maximum Gasteiger partial charge on any atom is 0.421 e. The normalized spacial score (nSPS) is 13.8. The number of hydrogen-bond acceptors (Lipinski definition) is 6. The van der Waals surface area contributed by atoms with Crippen molar-refractivity contribution in [2.75, 3.05) is 15.9 Å². The molecule has 0 spiro atoms. The summed E-state index contributed by atoms with van der Waals surface area (Å²) >= 11 is 0. The largest absolute Gasteiger partial charge is 0.431 e. The molecule has 6 nitrogen and oxygen atoms in total. The summed E-state index contributed by atoms with van der Waals surface area (Å²) in [6, 6.07) is 5.31. The Morgan fingerprint density at radius 2 is 2.04 bits per heavy atom. The molecule has 1 aromatic heterocycles. The van der Waals surface area contributed by atoms with E-state index in [0.29, 0.717) is 16.9 Å². The van der Waals surface area contributed by atoms with Gasteiger partial charge in [-0.25, -0.2) is 4.98 Å². The highest BCUT2D eigenvalue weighted by atomic mass is 19.4. The van der Waals surface area contributed by atoms with Crippen LogP contribution in [-0.4, -0.2) is 29.6 Å². The van der Waals surface area contributed by atoms with E-state index in [2.05, 4.69) is 25.8 Å². The second-order valence-electron chi connectivity index (χ2n) is 6.17. The molecule has 0 atom stereocenters. The number of nitrogens with zero attached hydrogens (tertiary/aromatic N) is 2. The van der Waals surface area contributed by atoms with Gasteiger partial charge in [-0.15, -0.1) is 0 Å². The average molecular weight is 375 g/mol. The quantitative estimate of drug-likeness (QED) is 0.409. The maximum atomic E-state index is 13.2. The summed E-state index contributed by atoms with van der Waals surface area (Å²) in [7, 11) is 1.85. The number of halogens is 3. The lowest BCUT2D eigenvalue weighted by molar-refractivity contribution is -0.137. The Hall–Kier alpha value is -2.78. The van der Waals surface area contributed by atoms with E-state index in [1.54, 1.807) is 12.1 Å². The molecule has 1 aliphatic carbocycles. The fourth-order valence-corrected chi connectivity index (χ4v) is 2.47. The topological polar surface area (TPSA) is 85.7 Å². The van der Waals surface area contributed by atoms with Gasteiger partial charge in [-0.2, -0.15) is 18.2 Å². The second-order valence-corrected chi connectivity index (χ2v) is 6.17. The lowest BCUT2D eigenvalue weighted by atomic mass is 9.89. The molecule has 10 heteroatoms. The zero-order valence-electron chi connectivity index (χ0n) is 14.7. The van der Waals surface area contributed by atoms with Crippen LogP contribution in [0.4, 0.5) is 36.3 Å². The zero-order chi connectivity index (χ0) is 19.4. The van der Waals surface area contributed by atoms with Crippen LogP contribution in [-0.2, 0) is 6.18 Å². The van der Waals surface area contributed by atoms with Gasteiger partial charge in [-0.1, -0.05) is 19.3 Å². The first-order valence-corrected chi connectivity index (χ1v) is 8.62. The summed E-state index contributed by atoms with van der Waals surface area (Å²) in [5.41, 5.74) is 0.902. The Kier molecular flexibility index (Phi) is 5.52. The number of aromatic nitrogens is 2. The Balaban J connectivity index is 1.90. The molecule has 0 saturated heterocycles. The lowest BCUT2D eigenvalue weighted by Crippen LogP contribution is -2.15. The standard InChI is InChI=1S/C17H19BF3N6/c1-2-18-27-14-5-3-4-13(11(14)8-22)25-16-23-9-12(17(19,20)21)15(26-16)24-10-6-7-10/h3-5,8-10,22,27H,2,6-7H2,1H3,(H2,23,24,25,26). The van der Waals surface area contributed by atoms with Crippen molar-refractivity contribution in [3.05, 3.63) is 35.5 Å². The van der Waals surface area contributed by atoms with Gasteiger partial charge in [0.05, 0.1) is 5.69 Å². The summed E-state index contributed by atoms with van der Waals surface area (Å²) in [5.74, 6) is -0.196. The van der Waals surface area contributed by atoms with Gasteiger partial charge in [0.2, 0.25) is 13.4 Å². The van der Waals surface area contributed by atoms with Crippen LogP contribution >= 0.6 is 0 Å². The molecule has 0 amide bonds. The third kappa shape index (κ3) is 4.69. The van der Waals surface area contributed by atoms with Crippen molar-refractivity contribution in [2.24, 2.45) is 0 Å². The van der Waals surface area contributed by atoms with Gasteiger partial charge in [0.25, 0.3) is 0 Å². The lowest BCUT2D eigenvalue weighted by Gasteiger charge is -2.16. The highest BCUT2D eigenvalue weighted by Crippen LogP contribution is 2.36. The van der Waals surface area contributed by atoms with Crippen molar-refractivity contribution in [1.29, 1.82) is 5.41 Å². The van der Waals surface area contributed by atoms with Gasteiger partial charge in [-0.3, -0.25) is 0 Å². The van der Waals surface area contributed by atoms with Crippen molar-refractivity contribution in [3.63, 3.8) is 0 Å². The van der Waals surface area contributed by atoms with Crippen molar-refractivity contribution in [3.8, 4) is 0 Å². The van der Waals surface area contributed by atoms with Crippen LogP contribution in [0.5, 0.6) is 0 Å². The van der Waals surface area contributed by atoms with Crippen molar-refractivity contribution in [2.45, 2.75) is 38.3 Å². The van der Waals surface area contributed by atoms with Crippen LogP contribution in [0.2, 0.25) is 6.32 Å². The number of alkyl halides is 3. The van der Waals surface area contributed by atoms with E-state index in [-0.39, 0.29) is 17.8 Å². The van der Waals surface area contributed by atoms with E-state index >= 15 is 0 Å². The monoisotopic (exact) mass is 375 g/mol. The predicted octanol–water partition coefficient (Wildman–Crippen LogP) is 4.28. The number of benzene rings is 1. The molecule has 0 aliphatic heterocycles. The molecule has 27 heavy (non-hydrogen) atoms. The third-order valence-electron chi connectivity index (χ3n) is 3.97. The van der Waals surface area contributed by atoms with E-state index in [1.165, 1.54) is 6.21 Å². The Bertz CT molecular complexity index is 823. The summed E-state index contributed by atoms with van der Waals surface area (Å²) in [5, 5.41) is 16.5. The Labute approximate surface area is 155 Å². The van der Waals surface area contributed by atoms with E-state index in [4.69, 9.17) is 5.41 Å². The zero-order valence-corrected chi connectivity index (χ0v) is 14.7. The predicted molar refractivity (Wildman–Crippen MR) is 101 cm³/mol. The molecular weight excluding hydrogens is 356 g/mol. The molecule has 1 aromatic carbocycles. The van der Waals surface area contributed by atoms with E-state index in [0.717, 1.165) is 25.4 Å². The smallest absolute Gasteiger partial charge is 0.421 e.